The fourth-order valence-corrected chi connectivity index (χ4v) is 5.63. The predicted octanol–water partition coefficient (Wildman–Crippen LogP) is 6.49. The molecule has 0 radical (unpaired) electrons. The summed E-state index contributed by atoms with van der Waals surface area (Å²) in [4.78, 5) is 21.6. The van der Waals surface area contributed by atoms with Crippen LogP contribution in [0.3, 0.4) is 0 Å². The van der Waals surface area contributed by atoms with Crippen LogP contribution in [-0.4, -0.2) is 42.0 Å². The molecule has 0 aliphatic carbocycles. The fourth-order valence-electron chi connectivity index (χ4n) is 4.78. The standard InChI is InChI=1S/C31H27FN4OS/c32-27-7-3-4-8-29(27)36(20-22-9-11-24(12-10-22)30(37)35-17-15-33-16-18-35)31-34-28(21-38-31)26-14-13-23-5-1-2-6-25(23)19-26/h1-14,19,21,33H,15-18,20H2. The molecule has 1 amide bonds. The zero-order valence-electron chi connectivity index (χ0n) is 20.8. The molecule has 0 saturated carbocycles. The van der Waals surface area contributed by atoms with Crippen LogP contribution in [0.25, 0.3) is 22.0 Å². The Morgan fingerprint density at radius 2 is 1.66 bits per heavy atom. The number of thiazole rings is 1. The second kappa shape index (κ2) is 10.7. The molecule has 1 fully saturated rings. The number of amides is 1. The number of benzene rings is 4. The van der Waals surface area contributed by atoms with Gasteiger partial charge < -0.3 is 15.1 Å². The number of piperazine rings is 1. The summed E-state index contributed by atoms with van der Waals surface area (Å²) in [7, 11) is 0. The van der Waals surface area contributed by atoms with Gasteiger partial charge in [-0.05, 0) is 46.7 Å². The topological polar surface area (TPSA) is 48.5 Å². The van der Waals surface area contributed by atoms with Gasteiger partial charge in [-0.15, -0.1) is 11.3 Å². The van der Waals surface area contributed by atoms with E-state index in [2.05, 4.69) is 35.6 Å². The lowest BCUT2D eigenvalue weighted by atomic mass is 10.1. The van der Waals surface area contributed by atoms with Gasteiger partial charge in [0.1, 0.15) is 5.82 Å². The molecule has 5 aromatic rings. The molecule has 1 aliphatic heterocycles. The van der Waals surface area contributed by atoms with Crippen molar-refractivity contribution in [3.05, 3.63) is 113 Å². The van der Waals surface area contributed by atoms with E-state index >= 15 is 0 Å². The van der Waals surface area contributed by atoms with E-state index < -0.39 is 0 Å². The minimum atomic E-state index is -0.305. The van der Waals surface area contributed by atoms with E-state index in [0.717, 1.165) is 35.3 Å². The molecule has 0 unspecified atom stereocenters. The van der Waals surface area contributed by atoms with Gasteiger partial charge in [0, 0.05) is 42.7 Å². The Morgan fingerprint density at radius 3 is 2.45 bits per heavy atom. The van der Waals surface area contributed by atoms with E-state index in [0.29, 0.717) is 36.0 Å². The lowest BCUT2D eigenvalue weighted by molar-refractivity contribution is 0.0736. The normalized spacial score (nSPS) is 13.6. The highest BCUT2D eigenvalue weighted by Crippen LogP contribution is 2.35. The first-order valence-electron chi connectivity index (χ1n) is 12.7. The summed E-state index contributed by atoms with van der Waals surface area (Å²) >= 11 is 1.49. The number of para-hydroxylation sites is 1. The molecular formula is C31H27FN4OS. The van der Waals surface area contributed by atoms with Crippen molar-refractivity contribution in [2.24, 2.45) is 0 Å². The summed E-state index contributed by atoms with van der Waals surface area (Å²) in [5.74, 6) is -0.260. The molecule has 0 bridgehead atoms. The predicted molar refractivity (Wildman–Crippen MR) is 153 cm³/mol. The second-order valence-electron chi connectivity index (χ2n) is 9.35. The maximum Gasteiger partial charge on any atom is 0.253 e. The van der Waals surface area contributed by atoms with E-state index in [1.807, 2.05) is 57.6 Å². The number of rotatable bonds is 6. The Hall–Kier alpha value is -4.07. The minimum absolute atomic E-state index is 0.0453. The van der Waals surface area contributed by atoms with Crippen LogP contribution in [0.15, 0.2) is 96.4 Å². The number of halogens is 1. The molecule has 190 valence electrons. The highest BCUT2D eigenvalue weighted by molar-refractivity contribution is 7.14. The van der Waals surface area contributed by atoms with E-state index in [9.17, 15) is 9.18 Å². The quantitative estimate of drug-likeness (QED) is 0.277. The van der Waals surface area contributed by atoms with Crippen LogP contribution in [0.1, 0.15) is 15.9 Å². The molecule has 1 saturated heterocycles. The first kappa shape index (κ1) is 24.3. The maximum atomic E-state index is 15.0. The van der Waals surface area contributed by atoms with Gasteiger partial charge in [0.15, 0.2) is 5.13 Å². The molecule has 1 aromatic heterocycles. The van der Waals surface area contributed by atoms with Crippen molar-refractivity contribution in [3.63, 3.8) is 0 Å². The van der Waals surface area contributed by atoms with Crippen LogP contribution in [0.5, 0.6) is 0 Å². The van der Waals surface area contributed by atoms with Crippen LogP contribution < -0.4 is 10.2 Å². The molecule has 5 nitrogen and oxygen atoms in total. The van der Waals surface area contributed by atoms with Gasteiger partial charge in [0.05, 0.1) is 17.9 Å². The van der Waals surface area contributed by atoms with Crippen molar-refractivity contribution < 1.29 is 9.18 Å². The van der Waals surface area contributed by atoms with Gasteiger partial charge in [-0.3, -0.25) is 4.79 Å². The molecule has 38 heavy (non-hydrogen) atoms. The summed E-state index contributed by atoms with van der Waals surface area (Å²) in [5, 5.41) is 8.33. The number of nitrogens with one attached hydrogen (secondary N) is 1. The van der Waals surface area contributed by atoms with Crippen LogP contribution in [-0.2, 0) is 6.54 Å². The molecule has 0 atom stereocenters. The molecule has 2 heterocycles. The Balaban J connectivity index is 1.29. The van der Waals surface area contributed by atoms with Crippen LogP contribution >= 0.6 is 11.3 Å². The van der Waals surface area contributed by atoms with Crippen molar-refractivity contribution >= 4 is 38.8 Å². The minimum Gasteiger partial charge on any atom is -0.336 e. The third-order valence-electron chi connectivity index (χ3n) is 6.86. The number of hydrogen-bond acceptors (Lipinski definition) is 5. The first-order valence-corrected chi connectivity index (χ1v) is 13.6. The zero-order valence-corrected chi connectivity index (χ0v) is 21.6. The summed E-state index contributed by atoms with van der Waals surface area (Å²) < 4.78 is 15.0. The summed E-state index contributed by atoms with van der Waals surface area (Å²) in [6.45, 7) is 3.48. The average Bonchev–Trinajstić information content (AvgIpc) is 3.47. The zero-order chi connectivity index (χ0) is 25.9. The van der Waals surface area contributed by atoms with Crippen molar-refractivity contribution in [2.75, 3.05) is 31.1 Å². The largest absolute Gasteiger partial charge is 0.336 e. The summed E-state index contributed by atoms with van der Waals surface area (Å²) in [6, 6.07) is 28.9. The lowest BCUT2D eigenvalue weighted by Crippen LogP contribution is -2.46. The van der Waals surface area contributed by atoms with Gasteiger partial charge in [-0.1, -0.05) is 60.7 Å². The Morgan fingerprint density at radius 1 is 0.921 bits per heavy atom. The van der Waals surface area contributed by atoms with Crippen molar-refractivity contribution in [2.45, 2.75) is 6.54 Å². The van der Waals surface area contributed by atoms with E-state index in [4.69, 9.17) is 4.98 Å². The monoisotopic (exact) mass is 522 g/mol. The average molecular weight is 523 g/mol. The van der Waals surface area contributed by atoms with Gasteiger partial charge >= 0.3 is 0 Å². The van der Waals surface area contributed by atoms with Crippen molar-refractivity contribution in [1.29, 1.82) is 0 Å². The summed E-state index contributed by atoms with van der Waals surface area (Å²) in [5.41, 5.74) is 3.98. The second-order valence-corrected chi connectivity index (χ2v) is 10.2. The fraction of sp³-hybridized carbons (Fsp3) is 0.161. The van der Waals surface area contributed by atoms with Crippen LogP contribution in [0.4, 0.5) is 15.2 Å². The van der Waals surface area contributed by atoms with Gasteiger partial charge in [0.2, 0.25) is 0 Å². The molecule has 7 heteroatoms. The molecule has 0 spiro atoms. The number of carbonyl (C=O) groups excluding carboxylic acids is 1. The maximum absolute atomic E-state index is 15.0. The van der Waals surface area contributed by atoms with E-state index in [1.54, 1.807) is 12.1 Å². The molecular weight excluding hydrogens is 495 g/mol. The first-order chi connectivity index (χ1) is 18.7. The van der Waals surface area contributed by atoms with Crippen molar-refractivity contribution in [3.8, 4) is 11.3 Å². The Labute approximate surface area is 225 Å². The summed E-state index contributed by atoms with van der Waals surface area (Å²) in [6.07, 6.45) is 0. The van der Waals surface area contributed by atoms with E-state index in [-0.39, 0.29) is 11.7 Å². The number of hydrogen-bond donors (Lipinski definition) is 1. The van der Waals surface area contributed by atoms with Gasteiger partial charge in [0.25, 0.3) is 5.91 Å². The molecule has 6 rings (SSSR count). The third-order valence-corrected chi connectivity index (χ3v) is 7.72. The number of fused-ring (bicyclic) bond motifs is 1. The Bertz CT molecular complexity index is 1580. The van der Waals surface area contributed by atoms with Crippen LogP contribution in [0, 0.1) is 5.82 Å². The molecule has 4 aromatic carbocycles. The molecule has 1 N–H and O–H groups in total. The smallest absolute Gasteiger partial charge is 0.253 e. The SMILES string of the molecule is O=C(c1ccc(CN(c2nc(-c3ccc4ccccc4c3)cs2)c2ccccc2F)cc1)N1CCNCC1. The lowest BCUT2D eigenvalue weighted by Gasteiger charge is -2.27. The number of anilines is 2. The van der Waals surface area contributed by atoms with Crippen molar-refractivity contribution in [1.82, 2.24) is 15.2 Å². The number of nitrogens with zero attached hydrogens (tertiary/aromatic N) is 3. The number of carbonyl (C=O) groups is 1. The highest BCUT2D eigenvalue weighted by Gasteiger charge is 2.20. The third kappa shape index (κ3) is 5.03. The van der Waals surface area contributed by atoms with Crippen LogP contribution in [0.2, 0.25) is 0 Å². The van der Waals surface area contributed by atoms with Gasteiger partial charge in [-0.25, -0.2) is 9.37 Å². The van der Waals surface area contributed by atoms with Gasteiger partial charge in [-0.2, -0.15) is 0 Å². The molecule has 1 aliphatic rings. The van der Waals surface area contributed by atoms with E-state index in [1.165, 1.54) is 22.8 Å². The Kier molecular flexibility index (Phi) is 6.86. The highest BCUT2D eigenvalue weighted by atomic mass is 32.1. The number of aromatic nitrogens is 1.